The van der Waals surface area contributed by atoms with Gasteiger partial charge in [-0.1, -0.05) is 141 Å². The lowest BCUT2D eigenvalue weighted by Crippen LogP contribution is -2.47. The predicted octanol–water partition coefficient (Wildman–Crippen LogP) is 10.0. The van der Waals surface area contributed by atoms with E-state index in [1.54, 1.807) is 0 Å². The fourth-order valence-corrected chi connectivity index (χ4v) is 6.16. The van der Waals surface area contributed by atoms with Crippen molar-refractivity contribution in [1.82, 2.24) is 10.6 Å². The van der Waals surface area contributed by atoms with Crippen molar-refractivity contribution in [3.8, 4) is 0 Å². The highest BCUT2D eigenvalue weighted by Gasteiger charge is 2.19. The van der Waals surface area contributed by atoms with E-state index in [4.69, 9.17) is 14.9 Å². The molecule has 0 aliphatic carbocycles. The number of aliphatic hydroxyl groups excluding tert-OH is 1. The minimum atomic E-state index is -1.38. The molecule has 2 amide bonds. The van der Waals surface area contributed by atoms with E-state index < -0.39 is 24.5 Å². The molecule has 2 unspecified atom stereocenters. The Morgan fingerprint density at radius 2 is 1.04 bits per heavy atom. The fraction of sp³-hybridized carbons (Fsp3) is 0.814. The van der Waals surface area contributed by atoms with E-state index in [9.17, 15) is 19.2 Å². The molecule has 0 saturated carbocycles. The first kappa shape index (κ1) is 49.3. The summed E-state index contributed by atoms with van der Waals surface area (Å²) in [6.07, 6.45) is 40.7. The molecule has 0 aromatic heterocycles. The van der Waals surface area contributed by atoms with Gasteiger partial charge in [-0.25, -0.2) is 4.79 Å². The SMILES string of the molecule is CCCCCC/C=C\C/C=C\CCCCCCCCCC(=O)OC(CCCCCCCC)CCCCCCCC(=O)NCC(=O)NC(CO)C(=O)O. The van der Waals surface area contributed by atoms with Crippen molar-refractivity contribution in [2.24, 2.45) is 0 Å². The molecule has 52 heavy (non-hydrogen) atoms. The Balaban J connectivity index is 4.09. The number of aliphatic carboxylic acids is 1. The zero-order chi connectivity index (χ0) is 38.3. The molecule has 9 nitrogen and oxygen atoms in total. The van der Waals surface area contributed by atoms with Gasteiger partial charge in [0.05, 0.1) is 13.2 Å². The van der Waals surface area contributed by atoms with Gasteiger partial charge in [-0.3, -0.25) is 14.4 Å². The number of carboxylic acids is 1. The average Bonchev–Trinajstić information content (AvgIpc) is 3.13. The van der Waals surface area contributed by atoms with E-state index in [0.717, 1.165) is 64.2 Å². The van der Waals surface area contributed by atoms with Gasteiger partial charge < -0.3 is 25.6 Å². The quantitative estimate of drug-likeness (QED) is 0.0281. The second-order valence-corrected chi connectivity index (χ2v) is 14.4. The van der Waals surface area contributed by atoms with E-state index in [1.165, 1.54) is 103 Å². The number of unbranched alkanes of at least 4 members (excludes halogenated alkanes) is 20. The second-order valence-electron chi connectivity index (χ2n) is 14.4. The molecule has 2 atom stereocenters. The van der Waals surface area contributed by atoms with Gasteiger partial charge in [0.2, 0.25) is 11.8 Å². The maximum Gasteiger partial charge on any atom is 0.328 e. The van der Waals surface area contributed by atoms with E-state index in [0.29, 0.717) is 19.3 Å². The minimum Gasteiger partial charge on any atom is -0.480 e. The summed E-state index contributed by atoms with van der Waals surface area (Å²) in [6, 6.07) is -1.38. The number of hydrogen-bond acceptors (Lipinski definition) is 6. The molecule has 0 radical (unpaired) electrons. The molecular weight excluding hydrogens is 656 g/mol. The number of ether oxygens (including phenoxy) is 1. The van der Waals surface area contributed by atoms with Crippen LogP contribution in [0.25, 0.3) is 0 Å². The number of allylic oxidation sites excluding steroid dienone is 4. The molecule has 0 aliphatic rings. The number of hydrogen-bond donors (Lipinski definition) is 4. The summed E-state index contributed by atoms with van der Waals surface area (Å²) in [5.74, 6) is -2.30. The van der Waals surface area contributed by atoms with Gasteiger partial charge >= 0.3 is 11.9 Å². The van der Waals surface area contributed by atoms with E-state index in [1.807, 2.05) is 0 Å². The number of esters is 1. The lowest BCUT2D eigenvalue weighted by atomic mass is 10.0. The molecule has 9 heteroatoms. The molecule has 0 fully saturated rings. The molecule has 302 valence electrons. The van der Waals surface area contributed by atoms with Crippen molar-refractivity contribution in [2.45, 2.75) is 212 Å². The molecule has 0 rings (SSSR count). The third kappa shape index (κ3) is 34.4. The molecule has 0 spiro atoms. The van der Waals surface area contributed by atoms with Crippen LogP contribution in [0.5, 0.6) is 0 Å². The van der Waals surface area contributed by atoms with Crippen molar-refractivity contribution in [1.29, 1.82) is 0 Å². The molecule has 0 aromatic carbocycles. The Morgan fingerprint density at radius 3 is 1.56 bits per heavy atom. The van der Waals surface area contributed by atoms with Crippen LogP contribution in [0.2, 0.25) is 0 Å². The van der Waals surface area contributed by atoms with Crippen molar-refractivity contribution >= 4 is 23.8 Å². The predicted molar refractivity (Wildman–Crippen MR) is 213 cm³/mol. The van der Waals surface area contributed by atoms with Crippen LogP contribution in [0.15, 0.2) is 24.3 Å². The zero-order valence-corrected chi connectivity index (χ0v) is 33.3. The normalized spacial score (nSPS) is 12.7. The summed E-state index contributed by atoms with van der Waals surface area (Å²) in [4.78, 5) is 47.4. The topological polar surface area (TPSA) is 142 Å². The number of nitrogens with one attached hydrogen (secondary N) is 2. The van der Waals surface area contributed by atoms with Crippen LogP contribution in [0.1, 0.15) is 200 Å². The Morgan fingerprint density at radius 1 is 0.577 bits per heavy atom. The Kier molecular flexibility index (Phi) is 36.1. The van der Waals surface area contributed by atoms with Gasteiger partial charge in [0, 0.05) is 12.8 Å². The highest BCUT2D eigenvalue weighted by atomic mass is 16.5. The molecule has 0 heterocycles. The molecule has 4 N–H and O–H groups in total. The second kappa shape index (κ2) is 38.1. The summed E-state index contributed by atoms with van der Waals surface area (Å²) in [5.41, 5.74) is 0. The zero-order valence-electron chi connectivity index (χ0n) is 33.3. The Bertz CT molecular complexity index is 936. The molecular formula is C43H78N2O7. The van der Waals surface area contributed by atoms with Crippen LogP contribution in [0, 0.1) is 0 Å². The lowest BCUT2D eigenvalue weighted by Gasteiger charge is -2.18. The Labute approximate surface area is 317 Å². The third-order valence-electron chi connectivity index (χ3n) is 9.45. The lowest BCUT2D eigenvalue weighted by molar-refractivity contribution is -0.150. The van der Waals surface area contributed by atoms with E-state index >= 15 is 0 Å². The van der Waals surface area contributed by atoms with Crippen LogP contribution < -0.4 is 10.6 Å². The van der Waals surface area contributed by atoms with Crippen molar-refractivity contribution in [3.63, 3.8) is 0 Å². The number of carbonyl (C=O) groups is 4. The van der Waals surface area contributed by atoms with Gasteiger partial charge in [0.1, 0.15) is 12.1 Å². The maximum absolute atomic E-state index is 12.7. The molecule has 0 aromatic rings. The van der Waals surface area contributed by atoms with Crippen molar-refractivity contribution in [2.75, 3.05) is 13.2 Å². The molecule has 0 bridgehead atoms. The standard InChI is InChI=1S/C43H78N2O7/c1-3-5-7-9-11-12-13-14-15-16-17-18-19-20-21-22-27-31-35-42(49)52-38(32-28-24-10-8-6-4-2)33-29-25-23-26-30-34-40(47)44-36-41(48)45-39(37-46)43(50)51/h12-13,15-16,38-39,46H,3-11,14,17-37H2,1-2H3,(H,44,47)(H,45,48)(H,50,51)/b13-12-,16-15-. The van der Waals surface area contributed by atoms with Crippen LogP contribution in [0.4, 0.5) is 0 Å². The highest BCUT2D eigenvalue weighted by Crippen LogP contribution is 2.18. The van der Waals surface area contributed by atoms with Crippen LogP contribution in [-0.4, -0.2) is 59.3 Å². The van der Waals surface area contributed by atoms with E-state index in [2.05, 4.69) is 48.8 Å². The smallest absolute Gasteiger partial charge is 0.328 e. The van der Waals surface area contributed by atoms with E-state index in [-0.39, 0.29) is 24.5 Å². The number of carboxylic acid groups (broad SMARTS) is 1. The van der Waals surface area contributed by atoms with Crippen LogP contribution >= 0.6 is 0 Å². The Hall–Kier alpha value is -2.68. The van der Waals surface area contributed by atoms with Gasteiger partial charge in [-0.2, -0.15) is 0 Å². The summed E-state index contributed by atoms with van der Waals surface area (Å²) < 4.78 is 5.98. The first-order chi connectivity index (χ1) is 25.3. The summed E-state index contributed by atoms with van der Waals surface area (Å²) in [7, 11) is 0. The monoisotopic (exact) mass is 735 g/mol. The minimum absolute atomic E-state index is 0.0113. The number of carbonyl (C=O) groups excluding carboxylic acids is 3. The fourth-order valence-electron chi connectivity index (χ4n) is 6.16. The van der Waals surface area contributed by atoms with Crippen LogP contribution in [-0.2, 0) is 23.9 Å². The highest BCUT2D eigenvalue weighted by molar-refractivity contribution is 5.87. The van der Waals surface area contributed by atoms with Gasteiger partial charge in [-0.05, 0) is 70.6 Å². The average molecular weight is 735 g/mol. The first-order valence-corrected chi connectivity index (χ1v) is 21.2. The first-order valence-electron chi connectivity index (χ1n) is 21.2. The van der Waals surface area contributed by atoms with Crippen molar-refractivity contribution < 1.29 is 34.1 Å². The van der Waals surface area contributed by atoms with Gasteiger partial charge in [0.15, 0.2) is 0 Å². The number of aliphatic hydroxyl groups is 1. The van der Waals surface area contributed by atoms with Gasteiger partial charge in [0.25, 0.3) is 0 Å². The third-order valence-corrected chi connectivity index (χ3v) is 9.45. The summed E-state index contributed by atoms with van der Waals surface area (Å²) >= 11 is 0. The van der Waals surface area contributed by atoms with Crippen molar-refractivity contribution in [3.05, 3.63) is 24.3 Å². The molecule has 0 saturated heterocycles. The number of amides is 2. The summed E-state index contributed by atoms with van der Waals surface area (Å²) in [6.45, 7) is 3.44. The van der Waals surface area contributed by atoms with Crippen LogP contribution in [0.3, 0.4) is 0 Å². The summed E-state index contributed by atoms with van der Waals surface area (Å²) in [5, 5.41) is 22.5. The largest absolute Gasteiger partial charge is 0.480 e. The van der Waals surface area contributed by atoms with Gasteiger partial charge in [-0.15, -0.1) is 0 Å². The maximum atomic E-state index is 12.7. The number of rotatable bonds is 38. The molecule has 0 aliphatic heterocycles.